The summed E-state index contributed by atoms with van der Waals surface area (Å²) in [6.45, 7) is 5.27. The Bertz CT molecular complexity index is 651. The third-order valence-electron chi connectivity index (χ3n) is 4.06. The van der Waals surface area contributed by atoms with Crippen molar-refractivity contribution in [3.8, 4) is 0 Å². The van der Waals surface area contributed by atoms with Crippen LogP contribution in [0.5, 0.6) is 0 Å². The van der Waals surface area contributed by atoms with Crippen LogP contribution in [0.15, 0.2) is 40.8 Å². The summed E-state index contributed by atoms with van der Waals surface area (Å²) in [6.07, 6.45) is 1.25. The van der Waals surface area contributed by atoms with E-state index in [9.17, 15) is 4.79 Å². The first-order chi connectivity index (χ1) is 10.6. The van der Waals surface area contributed by atoms with Gasteiger partial charge >= 0.3 is 0 Å². The molecule has 1 fully saturated rings. The van der Waals surface area contributed by atoms with E-state index in [1.54, 1.807) is 0 Å². The van der Waals surface area contributed by atoms with Gasteiger partial charge in [-0.05, 0) is 42.2 Å². The Morgan fingerprint density at radius 2 is 1.87 bits per heavy atom. The van der Waals surface area contributed by atoms with Crippen molar-refractivity contribution in [2.75, 3.05) is 5.32 Å². The summed E-state index contributed by atoms with van der Waals surface area (Å²) in [6, 6.07) is 12.0. The molecule has 1 saturated carbocycles. The molecule has 1 aliphatic rings. The van der Waals surface area contributed by atoms with E-state index in [1.807, 2.05) is 24.3 Å². The summed E-state index contributed by atoms with van der Waals surface area (Å²) in [5.41, 5.74) is 2.00. The molecule has 0 spiro atoms. The van der Waals surface area contributed by atoms with E-state index in [0.29, 0.717) is 5.92 Å². The van der Waals surface area contributed by atoms with Crippen LogP contribution in [0.25, 0.3) is 0 Å². The highest BCUT2D eigenvalue weighted by atomic mass is 35.5. The molecular formula is C18H23ClN2O2. The van der Waals surface area contributed by atoms with E-state index in [2.05, 4.69) is 29.7 Å². The zero-order valence-corrected chi connectivity index (χ0v) is 14.3. The van der Waals surface area contributed by atoms with Gasteiger partial charge in [-0.15, -0.1) is 12.4 Å². The van der Waals surface area contributed by atoms with Crippen molar-refractivity contribution >= 4 is 24.0 Å². The summed E-state index contributed by atoms with van der Waals surface area (Å²) >= 11 is 0. The van der Waals surface area contributed by atoms with Gasteiger partial charge in [0.15, 0.2) is 0 Å². The summed E-state index contributed by atoms with van der Waals surface area (Å²) in [5.74, 6) is 3.47. The van der Waals surface area contributed by atoms with Crippen LogP contribution in [0.3, 0.4) is 0 Å². The highest BCUT2D eigenvalue weighted by Gasteiger charge is 2.36. The number of carbonyl (C=O) groups is 1. The minimum Gasteiger partial charge on any atom is -0.464 e. The molecule has 4 nitrogen and oxygen atoms in total. The topological polar surface area (TPSA) is 54.3 Å². The molecular weight excluding hydrogens is 312 g/mol. The molecule has 0 bridgehead atoms. The van der Waals surface area contributed by atoms with Crippen LogP contribution in [-0.4, -0.2) is 5.91 Å². The highest BCUT2D eigenvalue weighted by molar-refractivity contribution is 5.88. The molecule has 0 radical (unpaired) electrons. The highest BCUT2D eigenvalue weighted by Crippen LogP contribution is 2.47. The Morgan fingerprint density at radius 3 is 2.48 bits per heavy atom. The molecule has 0 aliphatic heterocycles. The van der Waals surface area contributed by atoms with E-state index >= 15 is 0 Å². The quantitative estimate of drug-likeness (QED) is 0.837. The van der Waals surface area contributed by atoms with Crippen LogP contribution in [0, 0.1) is 5.92 Å². The van der Waals surface area contributed by atoms with Crippen LogP contribution >= 0.6 is 12.4 Å². The standard InChI is InChI=1S/C18H22N2O2.ClH/c1-12-9-17(12)18-8-7-16(22-18)11-19-10-14-3-5-15(6-4-14)20-13(2)21;/h3-8,12,17,19H,9-11H2,1-2H3,(H,20,21);1H. The first kappa shape index (κ1) is 17.6. The number of anilines is 1. The molecule has 23 heavy (non-hydrogen) atoms. The largest absolute Gasteiger partial charge is 0.464 e. The maximum atomic E-state index is 11.0. The van der Waals surface area contributed by atoms with Crippen molar-refractivity contribution < 1.29 is 9.21 Å². The third-order valence-corrected chi connectivity index (χ3v) is 4.06. The Kier molecular flexibility index (Phi) is 5.85. The first-order valence-corrected chi connectivity index (χ1v) is 7.77. The summed E-state index contributed by atoms with van der Waals surface area (Å²) in [7, 11) is 0. The zero-order valence-electron chi connectivity index (χ0n) is 13.5. The normalized spacial score (nSPS) is 19.0. The van der Waals surface area contributed by atoms with Crippen LogP contribution in [-0.2, 0) is 17.9 Å². The van der Waals surface area contributed by atoms with Crippen molar-refractivity contribution in [3.63, 3.8) is 0 Å². The van der Waals surface area contributed by atoms with Crippen molar-refractivity contribution in [2.45, 2.75) is 39.3 Å². The fourth-order valence-corrected chi connectivity index (χ4v) is 2.65. The lowest BCUT2D eigenvalue weighted by molar-refractivity contribution is -0.114. The lowest BCUT2D eigenvalue weighted by Crippen LogP contribution is -2.12. The smallest absolute Gasteiger partial charge is 0.221 e. The fraction of sp³-hybridized carbons (Fsp3) is 0.389. The molecule has 1 aromatic heterocycles. The molecule has 1 aliphatic carbocycles. The molecule has 2 aromatic rings. The van der Waals surface area contributed by atoms with E-state index in [-0.39, 0.29) is 18.3 Å². The maximum Gasteiger partial charge on any atom is 0.221 e. The molecule has 2 N–H and O–H groups in total. The Labute approximate surface area is 143 Å². The Balaban J connectivity index is 0.00000192. The number of benzene rings is 1. The second-order valence-corrected chi connectivity index (χ2v) is 6.11. The molecule has 5 heteroatoms. The van der Waals surface area contributed by atoms with Gasteiger partial charge in [0.2, 0.25) is 5.91 Å². The van der Waals surface area contributed by atoms with Crippen molar-refractivity contribution in [1.29, 1.82) is 0 Å². The SMILES string of the molecule is CC(=O)Nc1ccc(CNCc2ccc(C3CC3C)o2)cc1.Cl. The van der Waals surface area contributed by atoms with Crippen LogP contribution < -0.4 is 10.6 Å². The van der Waals surface area contributed by atoms with Gasteiger partial charge in [-0.3, -0.25) is 4.79 Å². The Hall–Kier alpha value is -1.78. The Morgan fingerprint density at radius 1 is 1.17 bits per heavy atom. The predicted molar refractivity (Wildman–Crippen MR) is 93.8 cm³/mol. The van der Waals surface area contributed by atoms with Crippen LogP contribution in [0.4, 0.5) is 5.69 Å². The number of hydrogen-bond acceptors (Lipinski definition) is 3. The maximum absolute atomic E-state index is 11.0. The van der Waals surface area contributed by atoms with Crippen LogP contribution in [0.2, 0.25) is 0 Å². The van der Waals surface area contributed by atoms with Gasteiger partial charge in [0.25, 0.3) is 0 Å². The van der Waals surface area contributed by atoms with Crippen molar-refractivity contribution in [1.82, 2.24) is 5.32 Å². The molecule has 124 valence electrons. The first-order valence-electron chi connectivity index (χ1n) is 7.77. The lowest BCUT2D eigenvalue weighted by atomic mass is 10.2. The van der Waals surface area contributed by atoms with E-state index in [1.165, 1.54) is 18.9 Å². The molecule has 1 aromatic carbocycles. The van der Waals surface area contributed by atoms with Gasteiger partial charge in [0.05, 0.1) is 6.54 Å². The number of amides is 1. The minimum absolute atomic E-state index is 0. The fourth-order valence-electron chi connectivity index (χ4n) is 2.65. The number of carbonyl (C=O) groups excluding carboxylic acids is 1. The van der Waals surface area contributed by atoms with Gasteiger partial charge in [0.1, 0.15) is 11.5 Å². The van der Waals surface area contributed by atoms with E-state index in [4.69, 9.17) is 4.42 Å². The van der Waals surface area contributed by atoms with Gasteiger partial charge in [-0.2, -0.15) is 0 Å². The minimum atomic E-state index is -0.0514. The van der Waals surface area contributed by atoms with E-state index in [0.717, 1.165) is 36.2 Å². The summed E-state index contributed by atoms with van der Waals surface area (Å²) in [5, 5.41) is 6.14. The monoisotopic (exact) mass is 334 g/mol. The predicted octanol–water partition coefficient (Wildman–Crippen LogP) is 4.07. The lowest BCUT2D eigenvalue weighted by Gasteiger charge is -2.05. The third kappa shape index (κ3) is 4.85. The molecule has 1 heterocycles. The van der Waals surface area contributed by atoms with Crippen LogP contribution in [0.1, 0.15) is 43.3 Å². The molecule has 1 amide bonds. The van der Waals surface area contributed by atoms with Gasteiger partial charge in [-0.1, -0.05) is 19.1 Å². The number of rotatable bonds is 6. The zero-order chi connectivity index (χ0) is 15.5. The van der Waals surface area contributed by atoms with Gasteiger partial charge in [0, 0.05) is 25.1 Å². The van der Waals surface area contributed by atoms with Crippen molar-refractivity contribution in [2.24, 2.45) is 5.92 Å². The molecule has 0 saturated heterocycles. The van der Waals surface area contributed by atoms with Gasteiger partial charge < -0.3 is 15.1 Å². The summed E-state index contributed by atoms with van der Waals surface area (Å²) in [4.78, 5) is 11.0. The molecule has 2 atom stereocenters. The number of halogens is 1. The number of furan rings is 1. The second kappa shape index (κ2) is 7.66. The van der Waals surface area contributed by atoms with Crippen molar-refractivity contribution in [3.05, 3.63) is 53.5 Å². The molecule has 3 rings (SSSR count). The molecule has 2 unspecified atom stereocenters. The van der Waals surface area contributed by atoms with Gasteiger partial charge in [-0.25, -0.2) is 0 Å². The number of nitrogens with one attached hydrogen (secondary N) is 2. The number of hydrogen-bond donors (Lipinski definition) is 2. The summed E-state index contributed by atoms with van der Waals surface area (Å²) < 4.78 is 5.87. The average molecular weight is 335 g/mol. The second-order valence-electron chi connectivity index (χ2n) is 6.11. The average Bonchev–Trinajstić information content (AvgIpc) is 3.03. The van der Waals surface area contributed by atoms with E-state index < -0.39 is 0 Å².